The maximum Gasteiger partial charge on any atom is 0.203 e. The Morgan fingerprint density at radius 3 is 2.45 bits per heavy atom. The van der Waals surface area contributed by atoms with Crippen molar-refractivity contribution >= 4 is 5.78 Å². The quantitative estimate of drug-likeness (QED) is 0.556. The molecule has 4 nitrogen and oxygen atoms in total. The van der Waals surface area contributed by atoms with E-state index in [1.54, 1.807) is 0 Å². The van der Waals surface area contributed by atoms with E-state index in [2.05, 4.69) is 26.0 Å². The summed E-state index contributed by atoms with van der Waals surface area (Å²) in [5.41, 5.74) is 3.36. The molecule has 162 valence electrons. The van der Waals surface area contributed by atoms with Gasteiger partial charge < -0.3 is 15.3 Å². The molecule has 0 saturated carbocycles. The molecule has 0 aromatic heterocycles. The Morgan fingerprint density at radius 1 is 1.14 bits per heavy atom. The van der Waals surface area contributed by atoms with Gasteiger partial charge in [0.25, 0.3) is 0 Å². The van der Waals surface area contributed by atoms with Gasteiger partial charge in [-0.25, -0.2) is 0 Å². The van der Waals surface area contributed by atoms with Crippen LogP contribution in [0.1, 0.15) is 73.1 Å². The average Bonchev–Trinajstić information content (AvgIpc) is 2.88. The molecule has 2 aliphatic rings. The molecule has 3 N–H and O–H groups in total. The number of carbonyl (C=O) groups excluding carboxylic acids is 1. The molecule has 2 rings (SSSR count). The minimum absolute atomic E-state index is 0.107. The molecule has 0 saturated heterocycles. The molecule has 0 aromatic rings. The first-order chi connectivity index (χ1) is 13.6. The fourth-order valence-electron chi connectivity index (χ4n) is 4.53. The Bertz CT molecular complexity index is 740. The van der Waals surface area contributed by atoms with E-state index in [9.17, 15) is 20.1 Å². The number of fused-ring (bicyclic) bond motifs is 1. The highest BCUT2D eigenvalue weighted by Gasteiger charge is 2.51. The van der Waals surface area contributed by atoms with Crippen LogP contribution in [0.5, 0.6) is 0 Å². The summed E-state index contributed by atoms with van der Waals surface area (Å²) < 4.78 is 0. The molecular weight excluding hydrogens is 364 g/mol. The first kappa shape index (κ1) is 23.6. The SMILES string of the molecule is C/C1=C/CC/C(C)=C/C[C@]2(C)C(=O)C(O)=C([C@H](C)CO)[C@H]2C/C=C(\C)[C@@H](O)CC1. The van der Waals surface area contributed by atoms with E-state index in [1.807, 2.05) is 26.8 Å². The molecule has 29 heavy (non-hydrogen) atoms. The molecule has 0 heterocycles. The summed E-state index contributed by atoms with van der Waals surface area (Å²) in [6.45, 7) is 9.81. The van der Waals surface area contributed by atoms with Gasteiger partial charge in [-0.15, -0.1) is 0 Å². The predicted molar refractivity (Wildman–Crippen MR) is 117 cm³/mol. The molecular formula is C25H38O4. The molecule has 0 aromatic carbocycles. The van der Waals surface area contributed by atoms with Crippen molar-refractivity contribution in [2.75, 3.05) is 6.61 Å². The Morgan fingerprint density at radius 2 is 1.79 bits per heavy atom. The van der Waals surface area contributed by atoms with Crippen LogP contribution in [0.25, 0.3) is 0 Å². The molecule has 0 radical (unpaired) electrons. The predicted octanol–water partition coefficient (Wildman–Crippen LogP) is 5.19. The lowest BCUT2D eigenvalue weighted by atomic mass is 9.70. The average molecular weight is 403 g/mol. The lowest BCUT2D eigenvalue weighted by molar-refractivity contribution is -0.126. The van der Waals surface area contributed by atoms with Crippen molar-refractivity contribution in [1.29, 1.82) is 0 Å². The van der Waals surface area contributed by atoms with Gasteiger partial charge in [0.15, 0.2) is 5.76 Å². The zero-order valence-electron chi connectivity index (χ0n) is 18.7. The molecule has 0 bridgehead atoms. The van der Waals surface area contributed by atoms with Gasteiger partial charge in [0.2, 0.25) is 5.78 Å². The van der Waals surface area contributed by atoms with E-state index in [1.165, 1.54) is 11.1 Å². The van der Waals surface area contributed by atoms with E-state index >= 15 is 0 Å². The monoisotopic (exact) mass is 402 g/mol. The highest BCUT2D eigenvalue weighted by Crippen LogP contribution is 2.50. The summed E-state index contributed by atoms with van der Waals surface area (Å²) in [7, 11) is 0. The van der Waals surface area contributed by atoms with Crippen molar-refractivity contribution in [3.05, 3.63) is 46.3 Å². The van der Waals surface area contributed by atoms with E-state index in [0.29, 0.717) is 24.8 Å². The summed E-state index contributed by atoms with van der Waals surface area (Å²) in [5.74, 6) is -0.860. The number of carbonyl (C=O) groups is 1. The number of hydrogen-bond acceptors (Lipinski definition) is 4. The largest absolute Gasteiger partial charge is 0.504 e. The first-order valence-electron chi connectivity index (χ1n) is 10.9. The molecule has 0 aliphatic heterocycles. The third-order valence-electron chi connectivity index (χ3n) is 6.88. The number of rotatable bonds is 2. The van der Waals surface area contributed by atoms with Crippen LogP contribution >= 0.6 is 0 Å². The van der Waals surface area contributed by atoms with Crippen molar-refractivity contribution in [3.8, 4) is 0 Å². The third-order valence-corrected chi connectivity index (χ3v) is 6.88. The van der Waals surface area contributed by atoms with Crippen LogP contribution in [-0.4, -0.2) is 33.8 Å². The van der Waals surface area contributed by atoms with Crippen molar-refractivity contribution in [1.82, 2.24) is 0 Å². The maximum absolute atomic E-state index is 13.1. The van der Waals surface area contributed by atoms with Gasteiger partial charge in [-0.3, -0.25) is 4.79 Å². The molecule has 4 heteroatoms. The maximum atomic E-state index is 13.1. The fourth-order valence-corrected chi connectivity index (χ4v) is 4.53. The summed E-state index contributed by atoms with van der Waals surface area (Å²) in [4.78, 5) is 13.1. The fraction of sp³-hybridized carbons (Fsp3) is 0.640. The number of hydrogen-bond donors (Lipinski definition) is 3. The summed E-state index contributed by atoms with van der Waals surface area (Å²) in [6, 6.07) is 0. The first-order valence-corrected chi connectivity index (χ1v) is 10.9. The van der Waals surface area contributed by atoms with Crippen LogP contribution in [0.15, 0.2) is 46.3 Å². The molecule has 2 aliphatic carbocycles. The van der Waals surface area contributed by atoms with Crippen molar-refractivity contribution in [3.63, 3.8) is 0 Å². The highest BCUT2D eigenvalue weighted by molar-refractivity contribution is 6.02. The van der Waals surface area contributed by atoms with Crippen LogP contribution in [0, 0.1) is 17.3 Å². The summed E-state index contributed by atoms with van der Waals surface area (Å²) >= 11 is 0. The normalized spacial score (nSPS) is 36.7. The zero-order valence-corrected chi connectivity index (χ0v) is 18.7. The number of aliphatic hydroxyl groups excluding tert-OH is 3. The van der Waals surface area contributed by atoms with Gasteiger partial charge in [-0.05, 0) is 70.4 Å². The Hall–Kier alpha value is -1.65. The lowest BCUT2D eigenvalue weighted by Gasteiger charge is -2.32. The Labute approximate surface area is 175 Å². The van der Waals surface area contributed by atoms with E-state index in [-0.39, 0.29) is 30.0 Å². The molecule has 4 atom stereocenters. The van der Waals surface area contributed by atoms with Gasteiger partial charge in [-0.2, -0.15) is 0 Å². The van der Waals surface area contributed by atoms with Gasteiger partial charge in [0.1, 0.15) is 0 Å². The van der Waals surface area contributed by atoms with E-state index in [0.717, 1.165) is 24.8 Å². The number of aliphatic hydroxyl groups is 3. The standard InChI is InChI=1S/C25H38O4/c1-16-7-6-8-17(2)13-14-25(5)20(11-10-18(3)21(27)12-9-16)22(19(4)15-26)23(28)24(25)29/h7,10,13,19-21,26-28H,6,8-9,11-12,14-15H2,1-5H3/b16-7-,17-13+,18-10+/t19-,20-,21+,25+/m1/s1. The molecule has 0 spiro atoms. The summed E-state index contributed by atoms with van der Waals surface area (Å²) in [6.07, 6.45) is 10.4. The van der Waals surface area contributed by atoms with Crippen molar-refractivity contribution in [2.45, 2.75) is 79.2 Å². The minimum Gasteiger partial charge on any atom is -0.504 e. The van der Waals surface area contributed by atoms with Gasteiger partial charge in [0.05, 0.1) is 6.10 Å². The van der Waals surface area contributed by atoms with Crippen molar-refractivity contribution in [2.24, 2.45) is 17.3 Å². The van der Waals surface area contributed by atoms with E-state index in [4.69, 9.17) is 0 Å². The Kier molecular flexibility index (Phi) is 8.07. The third kappa shape index (κ3) is 5.29. The smallest absolute Gasteiger partial charge is 0.203 e. The molecule has 0 unspecified atom stereocenters. The minimum atomic E-state index is -0.738. The number of allylic oxidation sites excluding steroid dienone is 6. The van der Waals surface area contributed by atoms with Crippen LogP contribution in [-0.2, 0) is 4.79 Å². The molecule has 0 amide bonds. The second-order valence-corrected chi connectivity index (χ2v) is 9.27. The van der Waals surface area contributed by atoms with E-state index < -0.39 is 11.5 Å². The lowest BCUT2D eigenvalue weighted by Crippen LogP contribution is -2.32. The van der Waals surface area contributed by atoms with Crippen LogP contribution in [0.2, 0.25) is 0 Å². The summed E-state index contributed by atoms with van der Waals surface area (Å²) in [5, 5.41) is 30.9. The van der Waals surface area contributed by atoms with Gasteiger partial charge >= 0.3 is 0 Å². The second-order valence-electron chi connectivity index (χ2n) is 9.27. The number of Topliss-reactive ketones (excluding diaryl/α,β-unsaturated/α-hetero) is 1. The van der Waals surface area contributed by atoms with Crippen LogP contribution in [0.3, 0.4) is 0 Å². The van der Waals surface area contributed by atoms with Crippen LogP contribution < -0.4 is 0 Å². The van der Waals surface area contributed by atoms with Crippen molar-refractivity contribution < 1.29 is 20.1 Å². The molecule has 0 fully saturated rings. The zero-order chi connectivity index (χ0) is 21.8. The van der Waals surface area contributed by atoms with Gasteiger partial charge in [0, 0.05) is 23.9 Å². The topological polar surface area (TPSA) is 77.8 Å². The Balaban J connectivity index is 2.46. The second kappa shape index (κ2) is 9.90. The number of ketones is 1. The van der Waals surface area contributed by atoms with Crippen LogP contribution in [0.4, 0.5) is 0 Å². The highest BCUT2D eigenvalue weighted by atomic mass is 16.3. The van der Waals surface area contributed by atoms with Gasteiger partial charge in [-0.1, -0.05) is 43.2 Å².